The first kappa shape index (κ1) is 18.9. The Morgan fingerprint density at radius 3 is 3.04 bits per heavy atom. The Bertz CT molecular complexity index is 854. The van der Waals surface area contributed by atoms with Gasteiger partial charge in [0, 0.05) is 43.5 Å². The minimum Gasteiger partial charge on any atom is -0.497 e. The summed E-state index contributed by atoms with van der Waals surface area (Å²) in [6, 6.07) is 7.72. The quantitative estimate of drug-likeness (QED) is 0.816. The van der Waals surface area contributed by atoms with Crippen molar-refractivity contribution in [2.45, 2.75) is 44.7 Å². The van der Waals surface area contributed by atoms with E-state index in [1.807, 2.05) is 35.4 Å². The van der Waals surface area contributed by atoms with Gasteiger partial charge in [-0.1, -0.05) is 12.1 Å². The summed E-state index contributed by atoms with van der Waals surface area (Å²) in [6.07, 6.45) is 6.37. The summed E-state index contributed by atoms with van der Waals surface area (Å²) in [7, 11) is 3.77. The lowest BCUT2D eigenvalue weighted by atomic mass is 9.99. The molecule has 148 valence electrons. The van der Waals surface area contributed by atoms with E-state index in [2.05, 4.69) is 16.9 Å². The fourth-order valence-corrected chi connectivity index (χ4v) is 4.19. The second kappa shape index (κ2) is 8.27. The Morgan fingerprint density at radius 2 is 2.18 bits per heavy atom. The van der Waals surface area contributed by atoms with Crippen LogP contribution in [0.2, 0.25) is 0 Å². The first-order valence-electron chi connectivity index (χ1n) is 10.1. The Balaban J connectivity index is 1.53. The molecule has 28 heavy (non-hydrogen) atoms. The van der Waals surface area contributed by atoms with Gasteiger partial charge in [0.25, 0.3) is 0 Å². The summed E-state index contributed by atoms with van der Waals surface area (Å²) in [5.74, 6) is 1.73. The third-order valence-corrected chi connectivity index (χ3v) is 5.75. The number of likely N-dealkylation sites (tertiary alicyclic amines) is 1. The summed E-state index contributed by atoms with van der Waals surface area (Å²) >= 11 is 0. The molecule has 0 unspecified atom stereocenters. The van der Waals surface area contributed by atoms with Gasteiger partial charge in [0.05, 0.1) is 19.6 Å². The smallest absolute Gasteiger partial charge is 0.227 e. The summed E-state index contributed by atoms with van der Waals surface area (Å²) in [6.45, 7) is 2.70. The van der Waals surface area contributed by atoms with Crippen LogP contribution < -0.4 is 4.74 Å². The van der Waals surface area contributed by atoms with Gasteiger partial charge in [-0.15, -0.1) is 0 Å². The molecule has 0 spiro atoms. The maximum atomic E-state index is 13.1. The molecule has 0 radical (unpaired) electrons. The van der Waals surface area contributed by atoms with E-state index in [1.165, 1.54) is 5.56 Å². The van der Waals surface area contributed by atoms with Crippen LogP contribution in [0.15, 0.2) is 30.5 Å². The van der Waals surface area contributed by atoms with Crippen LogP contribution in [-0.4, -0.2) is 52.9 Å². The van der Waals surface area contributed by atoms with Crippen molar-refractivity contribution in [1.29, 1.82) is 0 Å². The third-order valence-electron chi connectivity index (χ3n) is 5.75. The number of aromatic nitrogens is 2. The number of benzene rings is 1. The molecule has 2 aliphatic heterocycles. The zero-order valence-electron chi connectivity index (χ0n) is 16.7. The molecule has 3 heterocycles. The van der Waals surface area contributed by atoms with E-state index in [0.29, 0.717) is 6.42 Å². The summed E-state index contributed by atoms with van der Waals surface area (Å²) in [4.78, 5) is 26.9. The highest BCUT2D eigenvalue weighted by Crippen LogP contribution is 2.30. The van der Waals surface area contributed by atoms with Crippen LogP contribution in [-0.2, 0) is 24.2 Å². The van der Waals surface area contributed by atoms with Crippen molar-refractivity contribution in [1.82, 2.24) is 19.8 Å². The topological polar surface area (TPSA) is 58.6 Å². The Labute approximate surface area is 166 Å². The average molecular weight is 380 g/mol. The Morgan fingerprint density at radius 1 is 1.29 bits per heavy atom. The highest BCUT2D eigenvalue weighted by atomic mass is 16.5. The molecule has 1 amide bonds. The molecule has 0 bridgehead atoms. The van der Waals surface area contributed by atoms with Crippen LogP contribution >= 0.6 is 0 Å². The monoisotopic (exact) mass is 380 g/mol. The first-order valence-corrected chi connectivity index (χ1v) is 10.1. The van der Waals surface area contributed by atoms with Gasteiger partial charge < -0.3 is 14.5 Å². The molecule has 2 aliphatic rings. The number of carbonyl (C=O) groups is 1. The summed E-state index contributed by atoms with van der Waals surface area (Å²) in [5.41, 5.74) is 3.33. The number of likely N-dealkylation sites (N-methyl/N-ethyl adjacent to an activating group) is 1. The van der Waals surface area contributed by atoms with Crippen molar-refractivity contribution in [3.63, 3.8) is 0 Å². The molecule has 1 aromatic carbocycles. The minimum atomic E-state index is -0.0168. The number of methoxy groups -OCH3 is 1. The van der Waals surface area contributed by atoms with Crippen molar-refractivity contribution >= 4 is 5.91 Å². The van der Waals surface area contributed by atoms with Crippen LogP contribution in [0.1, 0.15) is 47.9 Å². The van der Waals surface area contributed by atoms with E-state index < -0.39 is 0 Å². The lowest BCUT2D eigenvalue weighted by molar-refractivity contribution is -0.134. The molecule has 1 fully saturated rings. The van der Waals surface area contributed by atoms with E-state index in [4.69, 9.17) is 9.72 Å². The van der Waals surface area contributed by atoms with Gasteiger partial charge in [-0.05, 0) is 44.0 Å². The predicted octanol–water partition coefficient (Wildman–Crippen LogP) is 2.77. The number of fused-ring (bicyclic) bond motifs is 1. The SMILES string of the molecule is COc1cccc(CC(=O)N2CCCC[C@@H]2c2ncc3c(n2)CCN(C)C3)c1. The average Bonchev–Trinajstić information content (AvgIpc) is 2.73. The van der Waals surface area contributed by atoms with Crippen LogP contribution in [0, 0.1) is 0 Å². The maximum absolute atomic E-state index is 13.1. The number of hydrogen-bond donors (Lipinski definition) is 0. The third kappa shape index (κ3) is 4.02. The van der Waals surface area contributed by atoms with E-state index in [9.17, 15) is 4.79 Å². The molecule has 1 aromatic heterocycles. The van der Waals surface area contributed by atoms with Crippen molar-refractivity contribution < 1.29 is 9.53 Å². The zero-order valence-corrected chi connectivity index (χ0v) is 16.7. The van der Waals surface area contributed by atoms with Crippen LogP contribution in [0.25, 0.3) is 0 Å². The van der Waals surface area contributed by atoms with Crippen LogP contribution in [0.3, 0.4) is 0 Å². The van der Waals surface area contributed by atoms with Gasteiger partial charge in [-0.2, -0.15) is 0 Å². The van der Waals surface area contributed by atoms with E-state index in [1.54, 1.807) is 7.11 Å². The van der Waals surface area contributed by atoms with Gasteiger partial charge in [0.15, 0.2) is 5.82 Å². The number of amides is 1. The van der Waals surface area contributed by atoms with Crippen molar-refractivity contribution in [2.24, 2.45) is 0 Å². The molecule has 1 atom stereocenters. The second-order valence-electron chi connectivity index (χ2n) is 7.81. The fraction of sp³-hybridized carbons (Fsp3) is 0.500. The highest BCUT2D eigenvalue weighted by Gasteiger charge is 2.30. The normalized spacial score (nSPS) is 19.9. The molecule has 6 heteroatoms. The van der Waals surface area contributed by atoms with Crippen LogP contribution in [0.4, 0.5) is 0 Å². The number of hydrogen-bond acceptors (Lipinski definition) is 5. The molecule has 0 saturated carbocycles. The summed E-state index contributed by atoms with van der Waals surface area (Å²) in [5, 5.41) is 0. The van der Waals surface area contributed by atoms with Crippen molar-refractivity contribution in [3.8, 4) is 5.75 Å². The highest BCUT2D eigenvalue weighted by molar-refractivity contribution is 5.79. The molecule has 6 nitrogen and oxygen atoms in total. The number of ether oxygens (including phenoxy) is 1. The molecule has 0 N–H and O–H groups in total. The van der Waals surface area contributed by atoms with Gasteiger partial charge in [-0.25, -0.2) is 9.97 Å². The lowest BCUT2D eigenvalue weighted by Gasteiger charge is -2.35. The van der Waals surface area contributed by atoms with Crippen molar-refractivity contribution in [3.05, 3.63) is 53.1 Å². The number of piperidine rings is 1. The van der Waals surface area contributed by atoms with Crippen LogP contribution in [0.5, 0.6) is 5.75 Å². The Hall–Kier alpha value is -2.47. The van der Waals surface area contributed by atoms with E-state index in [0.717, 1.165) is 68.1 Å². The van der Waals surface area contributed by atoms with E-state index >= 15 is 0 Å². The Kier molecular flexibility index (Phi) is 5.57. The number of nitrogens with zero attached hydrogens (tertiary/aromatic N) is 4. The maximum Gasteiger partial charge on any atom is 0.227 e. The molecule has 1 saturated heterocycles. The predicted molar refractivity (Wildman–Crippen MR) is 107 cm³/mol. The second-order valence-corrected chi connectivity index (χ2v) is 7.81. The van der Waals surface area contributed by atoms with Gasteiger partial charge >= 0.3 is 0 Å². The van der Waals surface area contributed by atoms with Gasteiger partial charge in [-0.3, -0.25) is 4.79 Å². The minimum absolute atomic E-state index is 0.0168. The molecule has 0 aliphatic carbocycles. The molecule has 2 aromatic rings. The standard InChI is InChI=1S/C22H28N4O2/c1-25-11-9-19-17(15-25)14-23-22(24-19)20-8-3-4-10-26(20)21(27)13-16-6-5-7-18(12-16)28-2/h5-7,12,14,20H,3-4,8-11,13,15H2,1-2H3/t20-/m1/s1. The number of carbonyl (C=O) groups excluding carboxylic acids is 1. The lowest BCUT2D eigenvalue weighted by Crippen LogP contribution is -2.40. The molecule has 4 rings (SSSR count). The first-order chi connectivity index (χ1) is 13.6. The van der Waals surface area contributed by atoms with Gasteiger partial charge in [0.1, 0.15) is 5.75 Å². The fourth-order valence-electron chi connectivity index (χ4n) is 4.19. The summed E-state index contributed by atoms with van der Waals surface area (Å²) < 4.78 is 5.28. The molecular weight excluding hydrogens is 352 g/mol. The van der Waals surface area contributed by atoms with Gasteiger partial charge in [0.2, 0.25) is 5.91 Å². The van der Waals surface area contributed by atoms with E-state index in [-0.39, 0.29) is 11.9 Å². The number of rotatable bonds is 4. The largest absolute Gasteiger partial charge is 0.497 e. The molecular formula is C22H28N4O2. The zero-order chi connectivity index (χ0) is 19.5. The van der Waals surface area contributed by atoms with Crippen molar-refractivity contribution in [2.75, 3.05) is 27.2 Å².